The first kappa shape index (κ1) is 21.7. The maximum atomic E-state index is 13.0. The number of carboxylic acid groups (broad SMARTS) is 1. The molecule has 0 saturated carbocycles. The van der Waals surface area contributed by atoms with E-state index in [4.69, 9.17) is 0 Å². The van der Waals surface area contributed by atoms with Crippen molar-refractivity contribution in [2.24, 2.45) is 0 Å². The summed E-state index contributed by atoms with van der Waals surface area (Å²) in [6, 6.07) is 22.6. The zero-order valence-electron chi connectivity index (χ0n) is 18.5. The summed E-state index contributed by atoms with van der Waals surface area (Å²) in [6.45, 7) is 1.99. The average Bonchev–Trinajstić information content (AvgIpc) is 3.21. The fraction of sp³-hybridized carbons (Fsp3) is 0.0769. The monoisotopic (exact) mass is 471 g/mol. The highest BCUT2D eigenvalue weighted by molar-refractivity contribution is 7.92. The molecule has 7 nitrogen and oxygen atoms in total. The predicted molar refractivity (Wildman–Crippen MR) is 133 cm³/mol. The van der Waals surface area contributed by atoms with Gasteiger partial charge in [-0.2, -0.15) is 0 Å². The molecule has 0 aliphatic rings. The van der Waals surface area contributed by atoms with E-state index in [0.717, 1.165) is 27.4 Å². The van der Waals surface area contributed by atoms with Crippen LogP contribution in [-0.2, 0) is 10.0 Å². The predicted octanol–water partition coefficient (Wildman–Crippen LogP) is 5.21. The molecule has 0 amide bonds. The van der Waals surface area contributed by atoms with Gasteiger partial charge in [0.15, 0.2) is 0 Å². The molecule has 2 aromatic heterocycles. The Morgan fingerprint density at radius 1 is 0.941 bits per heavy atom. The summed E-state index contributed by atoms with van der Waals surface area (Å²) < 4.78 is 27.1. The van der Waals surface area contributed by atoms with Gasteiger partial charge in [0.05, 0.1) is 21.8 Å². The van der Waals surface area contributed by atoms with E-state index in [1.807, 2.05) is 25.1 Å². The van der Waals surface area contributed by atoms with Crippen molar-refractivity contribution < 1.29 is 18.3 Å². The van der Waals surface area contributed by atoms with Crippen LogP contribution in [0.15, 0.2) is 83.8 Å². The highest BCUT2D eigenvalue weighted by atomic mass is 32.2. The number of carbonyl (C=O) groups is 1. The molecule has 2 N–H and O–H groups in total. The summed E-state index contributed by atoms with van der Waals surface area (Å²) >= 11 is 0. The molecular formula is C26H21N3O4S. The van der Waals surface area contributed by atoms with Crippen molar-refractivity contribution in [3.05, 3.63) is 90.1 Å². The molecule has 8 heteroatoms. The summed E-state index contributed by atoms with van der Waals surface area (Å²) in [5, 5.41) is 11.3. The van der Waals surface area contributed by atoms with E-state index in [9.17, 15) is 18.3 Å². The van der Waals surface area contributed by atoms with E-state index in [1.165, 1.54) is 11.4 Å². The van der Waals surface area contributed by atoms with E-state index >= 15 is 0 Å². The second-order valence-corrected chi connectivity index (χ2v) is 10.1. The third kappa shape index (κ3) is 3.58. The van der Waals surface area contributed by atoms with Crippen molar-refractivity contribution >= 4 is 43.5 Å². The van der Waals surface area contributed by atoms with E-state index in [2.05, 4.69) is 9.97 Å². The number of fused-ring (bicyclic) bond motifs is 3. The van der Waals surface area contributed by atoms with Crippen LogP contribution in [0, 0.1) is 6.92 Å². The van der Waals surface area contributed by atoms with Crippen molar-refractivity contribution in [3.63, 3.8) is 0 Å². The lowest BCUT2D eigenvalue weighted by molar-refractivity contribution is 0.0691. The Hall–Kier alpha value is -4.17. The molecule has 0 bridgehead atoms. The van der Waals surface area contributed by atoms with Gasteiger partial charge in [-0.3, -0.25) is 4.31 Å². The summed E-state index contributed by atoms with van der Waals surface area (Å²) in [6.07, 6.45) is 0. The fourth-order valence-corrected chi connectivity index (χ4v) is 5.27. The molecule has 0 saturated heterocycles. The van der Waals surface area contributed by atoms with Crippen LogP contribution in [0.1, 0.15) is 16.1 Å². The molecule has 2 heterocycles. The van der Waals surface area contributed by atoms with Gasteiger partial charge in [-0.15, -0.1) is 0 Å². The summed E-state index contributed by atoms with van der Waals surface area (Å²) in [5.74, 6) is -1.12. The molecular weight excluding hydrogens is 450 g/mol. The molecule has 0 aliphatic carbocycles. The van der Waals surface area contributed by atoms with Crippen molar-refractivity contribution in [2.75, 3.05) is 11.4 Å². The van der Waals surface area contributed by atoms with Gasteiger partial charge < -0.3 is 10.1 Å². The number of nitrogens with zero attached hydrogens (tertiary/aromatic N) is 2. The Labute approximate surface area is 196 Å². The Balaban J connectivity index is 1.62. The number of rotatable bonds is 5. The third-order valence-corrected chi connectivity index (χ3v) is 7.67. The Morgan fingerprint density at radius 3 is 2.32 bits per heavy atom. The van der Waals surface area contributed by atoms with Gasteiger partial charge in [0.2, 0.25) is 0 Å². The molecule has 0 spiro atoms. The van der Waals surface area contributed by atoms with Crippen LogP contribution < -0.4 is 4.31 Å². The Morgan fingerprint density at radius 2 is 1.65 bits per heavy atom. The van der Waals surface area contributed by atoms with Crippen LogP contribution in [0.25, 0.3) is 33.1 Å². The standard InChI is InChI=1S/C26H21N3O4S/c1-16-8-13-20-21-15-23(26(30)31)28-24(25(21)27-22(20)14-16)17-9-11-18(12-10-17)29(2)34(32,33)19-6-4-3-5-7-19/h3-15,27H,1-2H3,(H,30,31). The van der Waals surface area contributed by atoms with Crippen LogP contribution in [-0.4, -0.2) is 36.5 Å². The van der Waals surface area contributed by atoms with E-state index < -0.39 is 16.0 Å². The quantitative estimate of drug-likeness (QED) is 0.366. The zero-order chi connectivity index (χ0) is 24.0. The molecule has 34 heavy (non-hydrogen) atoms. The van der Waals surface area contributed by atoms with Crippen LogP contribution in [0.2, 0.25) is 0 Å². The Bertz CT molecular complexity index is 1660. The molecule has 170 valence electrons. The Kier molecular flexibility index (Phi) is 5.10. The fourth-order valence-electron chi connectivity index (χ4n) is 4.05. The van der Waals surface area contributed by atoms with Gasteiger partial charge in [-0.05, 0) is 48.9 Å². The minimum Gasteiger partial charge on any atom is -0.477 e. The molecule has 0 radical (unpaired) electrons. The number of hydrogen-bond donors (Lipinski definition) is 2. The smallest absolute Gasteiger partial charge is 0.354 e. The lowest BCUT2D eigenvalue weighted by atomic mass is 10.1. The molecule has 5 rings (SSSR count). The number of benzene rings is 3. The van der Waals surface area contributed by atoms with Crippen molar-refractivity contribution in [1.82, 2.24) is 9.97 Å². The number of anilines is 1. The van der Waals surface area contributed by atoms with Gasteiger partial charge in [0.25, 0.3) is 10.0 Å². The minimum atomic E-state index is -3.71. The first-order valence-corrected chi connectivity index (χ1v) is 12.0. The van der Waals surface area contributed by atoms with Crippen molar-refractivity contribution in [3.8, 4) is 11.3 Å². The summed E-state index contributed by atoms with van der Waals surface area (Å²) in [5.41, 5.74) is 4.28. The first-order chi connectivity index (χ1) is 16.3. The molecule has 0 unspecified atom stereocenters. The van der Waals surface area contributed by atoms with E-state index in [-0.39, 0.29) is 10.6 Å². The molecule has 5 aromatic rings. The largest absolute Gasteiger partial charge is 0.477 e. The number of aromatic nitrogens is 2. The highest BCUT2D eigenvalue weighted by Crippen LogP contribution is 2.34. The SMILES string of the molecule is Cc1ccc2c(c1)[nH]c1c(-c3ccc(N(C)S(=O)(=O)c4ccccc4)cc3)nc(C(=O)O)cc12. The van der Waals surface area contributed by atoms with Crippen molar-refractivity contribution in [1.29, 1.82) is 0 Å². The van der Waals surface area contributed by atoms with E-state index in [1.54, 1.807) is 60.7 Å². The number of hydrogen-bond acceptors (Lipinski definition) is 4. The second-order valence-electron chi connectivity index (χ2n) is 8.09. The van der Waals surface area contributed by atoms with Crippen LogP contribution in [0.3, 0.4) is 0 Å². The molecule has 0 aliphatic heterocycles. The van der Waals surface area contributed by atoms with Gasteiger partial charge >= 0.3 is 5.97 Å². The van der Waals surface area contributed by atoms with Gasteiger partial charge in [-0.1, -0.05) is 42.5 Å². The number of aromatic carboxylic acids is 1. The lowest BCUT2D eigenvalue weighted by Gasteiger charge is -2.19. The number of aryl methyl sites for hydroxylation is 1. The number of nitrogens with one attached hydrogen (secondary N) is 1. The number of pyridine rings is 1. The minimum absolute atomic E-state index is 0.0585. The number of carboxylic acids is 1. The maximum absolute atomic E-state index is 13.0. The molecule has 0 fully saturated rings. The molecule has 0 atom stereocenters. The number of H-pyrrole nitrogens is 1. The normalized spacial score (nSPS) is 11.7. The van der Waals surface area contributed by atoms with Crippen LogP contribution in [0.4, 0.5) is 5.69 Å². The maximum Gasteiger partial charge on any atom is 0.354 e. The topological polar surface area (TPSA) is 103 Å². The highest BCUT2D eigenvalue weighted by Gasteiger charge is 2.22. The first-order valence-electron chi connectivity index (χ1n) is 10.6. The average molecular weight is 472 g/mol. The number of aromatic amines is 1. The van der Waals surface area contributed by atoms with Gasteiger partial charge in [-0.25, -0.2) is 18.2 Å². The van der Waals surface area contributed by atoms with E-state index in [0.29, 0.717) is 16.9 Å². The zero-order valence-corrected chi connectivity index (χ0v) is 19.3. The van der Waals surface area contributed by atoms with Crippen LogP contribution >= 0.6 is 0 Å². The lowest BCUT2D eigenvalue weighted by Crippen LogP contribution is -2.26. The number of sulfonamides is 1. The van der Waals surface area contributed by atoms with Crippen molar-refractivity contribution in [2.45, 2.75) is 11.8 Å². The van der Waals surface area contributed by atoms with Gasteiger partial charge in [0, 0.05) is 28.9 Å². The molecule has 3 aromatic carbocycles. The second kappa shape index (κ2) is 8.00. The summed E-state index contributed by atoms with van der Waals surface area (Å²) in [7, 11) is -2.21. The van der Waals surface area contributed by atoms with Crippen LogP contribution in [0.5, 0.6) is 0 Å². The third-order valence-electron chi connectivity index (χ3n) is 5.87. The summed E-state index contributed by atoms with van der Waals surface area (Å²) in [4.78, 5) is 19.8. The van der Waals surface area contributed by atoms with Gasteiger partial charge in [0.1, 0.15) is 5.69 Å².